The Morgan fingerprint density at radius 2 is 2.05 bits per heavy atom. The molecule has 0 unspecified atom stereocenters. The second-order valence-corrected chi connectivity index (χ2v) is 4.88. The van der Waals surface area contributed by atoms with E-state index in [1.165, 1.54) is 6.92 Å². The Labute approximate surface area is 112 Å². The fourth-order valence-corrected chi connectivity index (χ4v) is 2.11. The van der Waals surface area contributed by atoms with E-state index in [-0.39, 0.29) is 24.2 Å². The SMILES string of the molecule is CC(=O)CNC(=O)[C@@H](C)Cc1c[nH]c2ccccc12. The summed E-state index contributed by atoms with van der Waals surface area (Å²) < 4.78 is 0. The summed E-state index contributed by atoms with van der Waals surface area (Å²) in [4.78, 5) is 25.9. The fraction of sp³-hybridized carbons (Fsp3) is 0.333. The van der Waals surface area contributed by atoms with Gasteiger partial charge in [0, 0.05) is 23.0 Å². The minimum atomic E-state index is -0.154. The molecule has 0 fully saturated rings. The summed E-state index contributed by atoms with van der Waals surface area (Å²) in [5.41, 5.74) is 2.20. The lowest BCUT2D eigenvalue weighted by atomic mass is 10.00. The first-order chi connectivity index (χ1) is 9.08. The van der Waals surface area contributed by atoms with Crippen LogP contribution in [0.4, 0.5) is 0 Å². The molecule has 0 aliphatic carbocycles. The van der Waals surface area contributed by atoms with Gasteiger partial charge in [-0.1, -0.05) is 25.1 Å². The number of carbonyl (C=O) groups excluding carboxylic acids is 2. The van der Waals surface area contributed by atoms with Gasteiger partial charge in [0.05, 0.1) is 6.54 Å². The molecule has 4 heteroatoms. The Morgan fingerprint density at radius 1 is 1.32 bits per heavy atom. The van der Waals surface area contributed by atoms with Gasteiger partial charge in [0.15, 0.2) is 0 Å². The summed E-state index contributed by atoms with van der Waals surface area (Å²) in [7, 11) is 0. The van der Waals surface area contributed by atoms with Crippen molar-refractivity contribution in [1.82, 2.24) is 10.3 Å². The Morgan fingerprint density at radius 3 is 2.79 bits per heavy atom. The highest BCUT2D eigenvalue weighted by atomic mass is 16.2. The van der Waals surface area contributed by atoms with E-state index in [0.717, 1.165) is 16.5 Å². The van der Waals surface area contributed by atoms with Gasteiger partial charge in [0.1, 0.15) is 5.78 Å². The maximum Gasteiger partial charge on any atom is 0.223 e. The average Bonchev–Trinajstić information content (AvgIpc) is 2.79. The number of H-pyrrole nitrogens is 1. The van der Waals surface area contributed by atoms with Crippen molar-refractivity contribution in [2.75, 3.05) is 6.54 Å². The number of aromatic amines is 1. The standard InChI is InChI=1S/C15H18N2O2/c1-10(15(19)17-8-11(2)18)7-12-9-16-14-6-4-3-5-13(12)14/h3-6,9-10,16H,7-8H2,1-2H3,(H,17,19)/t10-/m0/s1. The molecule has 0 saturated carbocycles. The lowest BCUT2D eigenvalue weighted by Gasteiger charge is -2.10. The van der Waals surface area contributed by atoms with Crippen molar-refractivity contribution in [1.29, 1.82) is 0 Å². The number of carbonyl (C=O) groups is 2. The Kier molecular flexibility index (Phi) is 4.00. The predicted molar refractivity (Wildman–Crippen MR) is 74.9 cm³/mol. The van der Waals surface area contributed by atoms with E-state index in [1.54, 1.807) is 0 Å². The Hall–Kier alpha value is -2.10. The molecule has 19 heavy (non-hydrogen) atoms. The molecule has 1 aromatic heterocycles. The van der Waals surface area contributed by atoms with Crippen molar-refractivity contribution < 1.29 is 9.59 Å². The summed E-state index contributed by atoms with van der Waals surface area (Å²) in [6, 6.07) is 8.02. The number of rotatable bonds is 5. The number of nitrogens with one attached hydrogen (secondary N) is 2. The van der Waals surface area contributed by atoms with Crippen molar-refractivity contribution in [2.45, 2.75) is 20.3 Å². The lowest BCUT2D eigenvalue weighted by molar-refractivity contribution is -0.127. The smallest absolute Gasteiger partial charge is 0.223 e. The van der Waals surface area contributed by atoms with Crippen molar-refractivity contribution in [3.8, 4) is 0 Å². The number of hydrogen-bond acceptors (Lipinski definition) is 2. The van der Waals surface area contributed by atoms with Gasteiger partial charge >= 0.3 is 0 Å². The van der Waals surface area contributed by atoms with Crippen LogP contribution in [0.2, 0.25) is 0 Å². The van der Waals surface area contributed by atoms with Crippen LogP contribution in [0.1, 0.15) is 19.4 Å². The molecule has 0 spiro atoms. The zero-order chi connectivity index (χ0) is 13.8. The molecule has 1 aromatic carbocycles. The number of Topliss-reactive ketones (excluding diaryl/α,β-unsaturated/α-hetero) is 1. The predicted octanol–water partition coefficient (Wildman–Crippen LogP) is 2.05. The van der Waals surface area contributed by atoms with Crippen molar-refractivity contribution in [3.63, 3.8) is 0 Å². The first-order valence-corrected chi connectivity index (χ1v) is 6.40. The highest BCUT2D eigenvalue weighted by molar-refractivity contribution is 5.87. The Bertz CT molecular complexity index is 601. The van der Waals surface area contributed by atoms with Gasteiger partial charge in [-0.25, -0.2) is 0 Å². The van der Waals surface area contributed by atoms with Gasteiger partial charge in [-0.3, -0.25) is 9.59 Å². The molecule has 4 nitrogen and oxygen atoms in total. The average molecular weight is 258 g/mol. The fourth-order valence-electron chi connectivity index (χ4n) is 2.11. The van der Waals surface area contributed by atoms with Gasteiger partial charge in [-0.2, -0.15) is 0 Å². The molecule has 100 valence electrons. The lowest BCUT2D eigenvalue weighted by Crippen LogP contribution is -2.33. The normalized spacial score (nSPS) is 12.3. The molecule has 2 aromatic rings. The quantitative estimate of drug-likeness (QED) is 0.862. The molecule has 1 amide bonds. The molecule has 0 bridgehead atoms. The van der Waals surface area contributed by atoms with E-state index in [2.05, 4.69) is 10.3 Å². The molecular formula is C15H18N2O2. The van der Waals surface area contributed by atoms with Crippen molar-refractivity contribution in [2.24, 2.45) is 5.92 Å². The number of benzene rings is 1. The van der Waals surface area contributed by atoms with E-state index in [1.807, 2.05) is 37.4 Å². The second-order valence-electron chi connectivity index (χ2n) is 4.88. The molecule has 2 N–H and O–H groups in total. The van der Waals surface area contributed by atoms with Crippen molar-refractivity contribution in [3.05, 3.63) is 36.0 Å². The Balaban J connectivity index is 2.04. The topological polar surface area (TPSA) is 62.0 Å². The molecule has 2 rings (SSSR count). The van der Waals surface area contributed by atoms with E-state index in [4.69, 9.17) is 0 Å². The van der Waals surface area contributed by atoms with Crippen molar-refractivity contribution >= 4 is 22.6 Å². The minimum Gasteiger partial charge on any atom is -0.361 e. The zero-order valence-corrected chi connectivity index (χ0v) is 11.2. The third kappa shape index (κ3) is 3.22. The van der Waals surface area contributed by atoms with Crippen LogP contribution in [-0.4, -0.2) is 23.2 Å². The minimum absolute atomic E-state index is 0.0346. The molecular weight excluding hydrogens is 240 g/mol. The number of hydrogen-bond donors (Lipinski definition) is 2. The molecule has 0 radical (unpaired) electrons. The maximum absolute atomic E-state index is 11.8. The third-order valence-corrected chi connectivity index (χ3v) is 3.16. The number of para-hydroxylation sites is 1. The molecule has 0 aliphatic rings. The number of ketones is 1. The first kappa shape index (κ1) is 13.3. The van der Waals surface area contributed by atoms with Crippen LogP contribution in [0, 0.1) is 5.92 Å². The van der Waals surface area contributed by atoms with Gasteiger partial charge in [0.25, 0.3) is 0 Å². The van der Waals surface area contributed by atoms with Crippen LogP contribution in [-0.2, 0) is 16.0 Å². The van der Waals surface area contributed by atoms with E-state index < -0.39 is 0 Å². The molecule has 1 atom stereocenters. The second kappa shape index (κ2) is 5.69. The monoisotopic (exact) mass is 258 g/mol. The van der Waals surface area contributed by atoms with Crippen LogP contribution in [0.15, 0.2) is 30.5 Å². The van der Waals surface area contributed by atoms with Gasteiger partial charge in [-0.15, -0.1) is 0 Å². The highest BCUT2D eigenvalue weighted by Crippen LogP contribution is 2.20. The highest BCUT2D eigenvalue weighted by Gasteiger charge is 2.15. The summed E-state index contributed by atoms with van der Waals surface area (Å²) in [6.45, 7) is 3.44. The van der Waals surface area contributed by atoms with Crippen LogP contribution < -0.4 is 5.32 Å². The number of fused-ring (bicyclic) bond motifs is 1. The van der Waals surface area contributed by atoms with E-state index in [0.29, 0.717) is 6.42 Å². The molecule has 0 aliphatic heterocycles. The van der Waals surface area contributed by atoms with Gasteiger partial charge in [-0.05, 0) is 25.0 Å². The summed E-state index contributed by atoms with van der Waals surface area (Å²) in [5.74, 6) is -0.272. The van der Waals surface area contributed by atoms with E-state index in [9.17, 15) is 9.59 Å². The molecule has 1 heterocycles. The maximum atomic E-state index is 11.8. The zero-order valence-electron chi connectivity index (χ0n) is 11.2. The summed E-state index contributed by atoms with van der Waals surface area (Å²) >= 11 is 0. The summed E-state index contributed by atoms with van der Waals surface area (Å²) in [6.07, 6.45) is 2.60. The number of aromatic nitrogens is 1. The van der Waals surface area contributed by atoms with Gasteiger partial charge in [0.2, 0.25) is 5.91 Å². The van der Waals surface area contributed by atoms with Crippen LogP contribution in [0.25, 0.3) is 10.9 Å². The van der Waals surface area contributed by atoms with E-state index >= 15 is 0 Å². The first-order valence-electron chi connectivity index (χ1n) is 6.40. The van der Waals surface area contributed by atoms with Crippen LogP contribution in [0.3, 0.4) is 0 Å². The van der Waals surface area contributed by atoms with Crippen LogP contribution in [0.5, 0.6) is 0 Å². The summed E-state index contributed by atoms with van der Waals surface area (Å²) in [5, 5.41) is 3.79. The number of amides is 1. The van der Waals surface area contributed by atoms with Crippen LogP contribution >= 0.6 is 0 Å². The van der Waals surface area contributed by atoms with Gasteiger partial charge < -0.3 is 10.3 Å². The largest absolute Gasteiger partial charge is 0.361 e. The molecule has 0 saturated heterocycles. The third-order valence-electron chi connectivity index (χ3n) is 3.16.